The van der Waals surface area contributed by atoms with E-state index in [0.29, 0.717) is 25.6 Å². The lowest BCUT2D eigenvalue weighted by Gasteiger charge is -2.35. The SMILES string of the molecule is CN=C(NCc1oc2ccccc2c1C)N1CCN(c2cnn(C)c2)C(=O)C1. The molecule has 0 atom stereocenters. The molecule has 4 rings (SSSR count). The molecule has 1 N–H and O–H groups in total. The van der Waals surface area contributed by atoms with Gasteiger partial charge >= 0.3 is 0 Å². The Morgan fingerprint density at radius 1 is 1.32 bits per heavy atom. The first kappa shape index (κ1) is 18.1. The topological polar surface area (TPSA) is 78.9 Å². The number of aryl methyl sites for hydroxylation is 2. The molecule has 0 spiro atoms. The molecule has 8 heteroatoms. The third-order valence-corrected chi connectivity index (χ3v) is 5.08. The Bertz CT molecular complexity index is 1030. The molecule has 2 aromatic heterocycles. The highest BCUT2D eigenvalue weighted by Gasteiger charge is 2.27. The van der Waals surface area contributed by atoms with Crippen LogP contribution in [-0.4, -0.2) is 53.2 Å². The Hall–Kier alpha value is -3.29. The summed E-state index contributed by atoms with van der Waals surface area (Å²) in [5, 5.41) is 8.60. The van der Waals surface area contributed by atoms with Gasteiger partial charge in [0.2, 0.25) is 5.91 Å². The molecule has 1 fully saturated rings. The minimum absolute atomic E-state index is 0.0297. The molecule has 1 aliphatic heterocycles. The van der Waals surface area contributed by atoms with Crippen LogP contribution in [0.25, 0.3) is 11.0 Å². The molecule has 0 unspecified atom stereocenters. The number of hydrogen-bond donors (Lipinski definition) is 1. The van der Waals surface area contributed by atoms with E-state index < -0.39 is 0 Å². The lowest BCUT2D eigenvalue weighted by atomic mass is 10.1. The van der Waals surface area contributed by atoms with Crippen molar-refractivity contribution in [1.29, 1.82) is 0 Å². The van der Waals surface area contributed by atoms with E-state index in [2.05, 4.69) is 28.4 Å². The summed E-state index contributed by atoms with van der Waals surface area (Å²) in [5.74, 6) is 1.60. The van der Waals surface area contributed by atoms with Gasteiger partial charge in [0.1, 0.15) is 17.9 Å². The number of fused-ring (bicyclic) bond motifs is 1. The number of piperazine rings is 1. The molecule has 3 heterocycles. The van der Waals surface area contributed by atoms with Gasteiger partial charge in [0.05, 0.1) is 18.4 Å². The minimum atomic E-state index is 0.0297. The first-order chi connectivity index (χ1) is 13.6. The van der Waals surface area contributed by atoms with Gasteiger partial charge in [0.25, 0.3) is 0 Å². The van der Waals surface area contributed by atoms with Gasteiger partial charge in [-0.1, -0.05) is 18.2 Å². The average Bonchev–Trinajstić information content (AvgIpc) is 3.26. The number of anilines is 1. The summed E-state index contributed by atoms with van der Waals surface area (Å²) in [4.78, 5) is 20.7. The Kier molecular flexibility index (Phi) is 4.77. The number of aromatic nitrogens is 2. The van der Waals surface area contributed by atoms with Crippen LogP contribution in [0.15, 0.2) is 46.1 Å². The van der Waals surface area contributed by atoms with Crippen molar-refractivity contribution in [2.45, 2.75) is 13.5 Å². The van der Waals surface area contributed by atoms with E-state index in [9.17, 15) is 4.79 Å². The maximum absolute atomic E-state index is 12.6. The molecule has 8 nitrogen and oxygen atoms in total. The number of aliphatic imine (C=N–C) groups is 1. The van der Waals surface area contributed by atoms with Crippen molar-refractivity contribution in [1.82, 2.24) is 20.0 Å². The van der Waals surface area contributed by atoms with Gasteiger partial charge in [-0.25, -0.2) is 0 Å². The van der Waals surface area contributed by atoms with Gasteiger partial charge in [-0.15, -0.1) is 0 Å². The molecular formula is C20H24N6O2. The molecule has 1 aromatic carbocycles. The molecule has 1 saturated heterocycles. The fraction of sp³-hybridized carbons (Fsp3) is 0.350. The third-order valence-electron chi connectivity index (χ3n) is 5.08. The second kappa shape index (κ2) is 7.38. The maximum atomic E-state index is 12.6. The van der Waals surface area contributed by atoms with Gasteiger partial charge in [-0.2, -0.15) is 5.10 Å². The number of nitrogens with one attached hydrogen (secondary N) is 1. The zero-order valence-electron chi connectivity index (χ0n) is 16.3. The summed E-state index contributed by atoms with van der Waals surface area (Å²) in [6, 6.07) is 8.00. The minimum Gasteiger partial charge on any atom is -0.459 e. The molecule has 1 aliphatic rings. The Morgan fingerprint density at radius 2 is 2.14 bits per heavy atom. The van der Waals surface area contributed by atoms with Crippen LogP contribution < -0.4 is 10.2 Å². The summed E-state index contributed by atoms with van der Waals surface area (Å²) in [7, 11) is 3.57. The summed E-state index contributed by atoms with van der Waals surface area (Å²) in [5.41, 5.74) is 2.83. The molecule has 0 aliphatic carbocycles. The Labute approximate surface area is 163 Å². The van der Waals surface area contributed by atoms with Gasteiger partial charge in [0, 0.05) is 44.3 Å². The van der Waals surface area contributed by atoms with Crippen LogP contribution in [0.4, 0.5) is 5.69 Å². The van der Waals surface area contributed by atoms with Crippen LogP contribution >= 0.6 is 0 Å². The fourth-order valence-electron chi connectivity index (χ4n) is 3.56. The molecule has 28 heavy (non-hydrogen) atoms. The normalized spacial score (nSPS) is 15.5. The highest BCUT2D eigenvalue weighted by atomic mass is 16.3. The van der Waals surface area contributed by atoms with Crippen molar-refractivity contribution in [2.75, 3.05) is 31.6 Å². The van der Waals surface area contributed by atoms with Crippen LogP contribution in [0.5, 0.6) is 0 Å². The van der Waals surface area contributed by atoms with E-state index in [1.807, 2.05) is 36.3 Å². The number of furan rings is 1. The standard InChI is InChI=1S/C20H24N6O2/c1-14-16-6-4-5-7-17(16)28-18(14)11-22-20(21-2)25-8-9-26(19(27)13-25)15-10-23-24(3)12-15/h4-7,10,12H,8-9,11,13H2,1-3H3,(H,21,22). The van der Waals surface area contributed by atoms with Crippen molar-refractivity contribution in [3.63, 3.8) is 0 Å². The second-order valence-corrected chi connectivity index (χ2v) is 6.89. The van der Waals surface area contributed by atoms with E-state index in [1.54, 1.807) is 22.8 Å². The summed E-state index contributed by atoms with van der Waals surface area (Å²) in [6.45, 7) is 4.13. The fourth-order valence-corrected chi connectivity index (χ4v) is 3.56. The first-order valence-corrected chi connectivity index (χ1v) is 9.28. The lowest BCUT2D eigenvalue weighted by Crippen LogP contribution is -2.55. The monoisotopic (exact) mass is 380 g/mol. The van der Waals surface area contributed by atoms with E-state index in [0.717, 1.165) is 28.0 Å². The van der Waals surface area contributed by atoms with E-state index >= 15 is 0 Å². The quantitative estimate of drug-likeness (QED) is 0.555. The zero-order valence-corrected chi connectivity index (χ0v) is 16.3. The number of benzene rings is 1. The van der Waals surface area contributed by atoms with Gasteiger partial charge < -0.3 is 19.5 Å². The Balaban J connectivity index is 1.42. The van der Waals surface area contributed by atoms with Crippen molar-refractivity contribution < 1.29 is 9.21 Å². The number of guanidine groups is 1. The lowest BCUT2D eigenvalue weighted by molar-refractivity contribution is -0.120. The Morgan fingerprint density at radius 3 is 2.82 bits per heavy atom. The number of rotatable bonds is 3. The van der Waals surface area contributed by atoms with Crippen LogP contribution in [0, 0.1) is 6.92 Å². The van der Waals surface area contributed by atoms with E-state index in [1.165, 1.54) is 0 Å². The average molecular weight is 380 g/mol. The number of hydrogen-bond acceptors (Lipinski definition) is 4. The number of amides is 1. The zero-order chi connectivity index (χ0) is 19.7. The van der Waals surface area contributed by atoms with Gasteiger partial charge in [-0.05, 0) is 13.0 Å². The van der Waals surface area contributed by atoms with E-state index in [-0.39, 0.29) is 12.5 Å². The van der Waals surface area contributed by atoms with Crippen molar-refractivity contribution in [2.24, 2.45) is 12.0 Å². The van der Waals surface area contributed by atoms with Crippen LogP contribution in [0.3, 0.4) is 0 Å². The number of carbonyl (C=O) groups is 1. The predicted octanol–water partition coefficient (Wildman–Crippen LogP) is 1.90. The number of carbonyl (C=O) groups excluding carboxylic acids is 1. The van der Waals surface area contributed by atoms with Crippen LogP contribution in [0.2, 0.25) is 0 Å². The summed E-state index contributed by atoms with van der Waals surface area (Å²) < 4.78 is 7.66. The van der Waals surface area contributed by atoms with Crippen molar-refractivity contribution in [3.8, 4) is 0 Å². The molecule has 0 saturated carbocycles. The summed E-state index contributed by atoms with van der Waals surface area (Å²) in [6.07, 6.45) is 3.57. The van der Waals surface area contributed by atoms with Gasteiger partial charge in [0.15, 0.2) is 5.96 Å². The van der Waals surface area contributed by atoms with Crippen LogP contribution in [-0.2, 0) is 18.4 Å². The maximum Gasteiger partial charge on any atom is 0.246 e. The molecule has 3 aromatic rings. The molecule has 0 bridgehead atoms. The largest absolute Gasteiger partial charge is 0.459 e. The summed E-state index contributed by atoms with van der Waals surface area (Å²) >= 11 is 0. The smallest absolute Gasteiger partial charge is 0.246 e. The molecule has 1 amide bonds. The van der Waals surface area contributed by atoms with E-state index in [4.69, 9.17) is 4.42 Å². The molecule has 146 valence electrons. The number of nitrogens with zero attached hydrogens (tertiary/aromatic N) is 5. The first-order valence-electron chi connectivity index (χ1n) is 9.28. The van der Waals surface area contributed by atoms with Gasteiger partial charge in [-0.3, -0.25) is 14.5 Å². The van der Waals surface area contributed by atoms with Crippen molar-refractivity contribution in [3.05, 3.63) is 48.0 Å². The van der Waals surface area contributed by atoms with Crippen LogP contribution in [0.1, 0.15) is 11.3 Å². The highest BCUT2D eigenvalue weighted by molar-refractivity contribution is 5.98. The third kappa shape index (κ3) is 3.33. The molecule has 0 radical (unpaired) electrons. The van der Waals surface area contributed by atoms with Crippen molar-refractivity contribution >= 4 is 28.5 Å². The molecular weight excluding hydrogens is 356 g/mol. The number of para-hydroxylation sites is 1. The predicted molar refractivity (Wildman–Crippen MR) is 108 cm³/mol. The highest BCUT2D eigenvalue weighted by Crippen LogP contribution is 2.24. The second-order valence-electron chi connectivity index (χ2n) is 6.89.